The van der Waals surface area contributed by atoms with Crippen molar-refractivity contribution in [2.45, 2.75) is 26.3 Å². The first-order valence-corrected chi connectivity index (χ1v) is 6.14. The first-order chi connectivity index (χ1) is 7.75. The van der Waals surface area contributed by atoms with Gasteiger partial charge in [0.2, 0.25) is 5.13 Å². The maximum Gasteiger partial charge on any atom is 0.202 e. The van der Waals surface area contributed by atoms with Crippen molar-refractivity contribution in [3.05, 3.63) is 41.7 Å². The van der Waals surface area contributed by atoms with E-state index in [9.17, 15) is 0 Å². The number of hydrogen-bond donors (Lipinski definition) is 1. The molecule has 0 amide bonds. The minimum Gasteiger partial charge on any atom is -0.356 e. The summed E-state index contributed by atoms with van der Waals surface area (Å²) in [5.74, 6) is 1.31. The summed E-state index contributed by atoms with van der Waals surface area (Å²) in [7, 11) is 0. The normalized spacial score (nSPS) is 10.7. The highest BCUT2D eigenvalue weighted by Gasteiger charge is 2.06. The number of aromatic nitrogens is 2. The van der Waals surface area contributed by atoms with Crippen molar-refractivity contribution in [3.8, 4) is 0 Å². The van der Waals surface area contributed by atoms with E-state index in [0.29, 0.717) is 5.92 Å². The largest absolute Gasteiger partial charge is 0.356 e. The van der Waals surface area contributed by atoms with Crippen LogP contribution in [-0.4, -0.2) is 9.36 Å². The molecule has 0 radical (unpaired) electrons. The summed E-state index contributed by atoms with van der Waals surface area (Å²) in [4.78, 5) is 4.42. The summed E-state index contributed by atoms with van der Waals surface area (Å²) < 4.78 is 4.30. The van der Waals surface area contributed by atoms with Gasteiger partial charge < -0.3 is 5.32 Å². The fraction of sp³-hybridized carbons (Fsp3) is 0.333. The van der Waals surface area contributed by atoms with E-state index in [1.165, 1.54) is 17.1 Å². The monoisotopic (exact) mass is 233 g/mol. The molecule has 2 rings (SSSR count). The third-order valence-corrected chi connectivity index (χ3v) is 2.93. The molecule has 0 saturated heterocycles. The van der Waals surface area contributed by atoms with Gasteiger partial charge in [-0.2, -0.15) is 4.37 Å². The Bertz CT molecular complexity index is 437. The Morgan fingerprint density at radius 2 is 2.00 bits per heavy atom. The molecule has 0 spiro atoms. The molecular weight excluding hydrogens is 218 g/mol. The second-order valence-corrected chi connectivity index (χ2v) is 4.70. The highest BCUT2D eigenvalue weighted by Crippen LogP contribution is 2.17. The number of rotatable bonds is 4. The molecule has 84 valence electrons. The van der Waals surface area contributed by atoms with Crippen LogP contribution in [0.5, 0.6) is 0 Å². The Kier molecular flexibility index (Phi) is 3.51. The van der Waals surface area contributed by atoms with E-state index in [0.717, 1.165) is 17.5 Å². The van der Waals surface area contributed by atoms with E-state index < -0.39 is 0 Å². The Labute approximate surface area is 99.7 Å². The van der Waals surface area contributed by atoms with E-state index in [-0.39, 0.29) is 0 Å². The number of nitrogens with zero attached hydrogens (tertiary/aromatic N) is 2. The number of nitrogens with one attached hydrogen (secondary N) is 1. The smallest absolute Gasteiger partial charge is 0.202 e. The van der Waals surface area contributed by atoms with Gasteiger partial charge in [-0.05, 0) is 5.56 Å². The van der Waals surface area contributed by atoms with Gasteiger partial charge in [-0.25, -0.2) is 4.98 Å². The number of benzene rings is 1. The molecule has 0 aliphatic carbocycles. The zero-order valence-electron chi connectivity index (χ0n) is 9.47. The van der Waals surface area contributed by atoms with Crippen molar-refractivity contribution < 1.29 is 0 Å². The van der Waals surface area contributed by atoms with E-state index in [1.54, 1.807) is 0 Å². The lowest BCUT2D eigenvalue weighted by Crippen LogP contribution is -1.99. The lowest BCUT2D eigenvalue weighted by Gasteiger charge is -2.01. The minimum absolute atomic E-state index is 0.392. The summed E-state index contributed by atoms with van der Waals surface area (Å²) in [5.41, 5.74) is 1.25. The van der Waals surface area contributed by atoms with Gasteiger partial charge in [-0.1, -0.05) is 44.2 Å². The molecule has 0 atom stereocenters. The van der Waals surface area contributed by atoms with E-state index in [2.05, 4.69) is 40.7 Å². The molecule has 3 nitrogen and oxygen atoms in total. The Balaban J connectivity index is 1.95. The standard InChI is InChI=1S/C12H15N3S/c1-9(2)11-14-12(16-15-11)13-8-10-6-4-3-5-7-10/h3-7,9H,8H2,1-2H3,(H,13,14,15). The molecule has 0 fully saturated rings. The second kappa shape index (κ2) is 5.07. The highest BCUT2D eigenvalue weighted by molar-refractivity contribution is 7.09. The zero-order valence-corrected chi connectivity index (χ0v) is 10.3. The molecule has 1 aromatic carbocycles. The van der Waals surface area contributed by atoms with Gasteiger partial charge >= 0.3 is 0 Å². The Morgan fingerprint density at radius 1 is 1.25 bits per heavy atom. The first kappa shape index (κ1) is 11.1. The summed E-state index contributed by atoms with van der Waals surface area (Å²) in [6.45, 7) is 5.00. The third kappa shape index (κ3) is 2.79. The van der Waals surface area contributed by atoms with Crippen LogP contribution in [0, 0.1) is 0 Å². The highest BCUT2D eigenvalue weighted by atomic mass is 32.1. The van der Waals surface area contributed by atoms with Crippen molar-refractivity contribution in [3.63, 3.8) is 0 Å². The van der Waals surface area contributed by atoms with E-state index in [1.807, 2.05) is 18.2 Å². The van der Waals surface area contributed by atoms with E-state index >= 15 is 0 Å². The van der Waals surface area contributed by atoms with Crippen molar-refractivity contribution in [2.75, 3.05) is 5.32 Å². The summed E-state index contributed by atoms with van der Waals surface area (Å²) in [6.07, 6.45) is 0. The van der Waals surface area contributed by atoms with Gasteiger partial charge in [0.05, 0.1) is 0 Å². The number of anilines is 1. The van der Waals surface area contributed by atoms with Gasteiger partial charge in [-0.3, -0.25) is 0 Å². The van der Waals surface area contributed by atoms with E-state index in [4.69, 9.17) is 0 Å². The molecule has 0 saturated carbocycles. The molecule has 1 N–H and O–H groups in total. The van der Waals surface area contributed by atoms with Crippen LogP contribution in [0.1, 0.15) is 31.2 Å². The average molecular weight is 233 g/mol. The van der Waals surface area contributed by atoms with Crippen LogP contribution in [0.3, 0.4) is 0 Å². The maximum absolute atomic E-state index is 4.42. The summed E-state index contributed by atoms with van der Waals surface area (Å²) >= 11 is 1.42. The van der Waals surface area contributed by atoms with Gasteiger partial charge in [0.1, 0.15) is 5.82 Å². The summed E-state index contributed by atoms with van der Waals surface area (Å²) in [6, 6.07) is 10.3. The van der Waals surface area contributed by atoms with Gasteiger partial charge in [-0.15, -0.1) is 0 Å². The topological polar surface area (TPSA) is 37.8 Å². The maximum atomic E-state index is 4.42. The lowest BCUT2D eigenvalue weighted by molar-refractivity contribution is 0.799. The molecule has 16 heavy (non-hydrogen) atoms. The fourth-order valence-electron chi connectivity index (χ4n) is 1.31. The second-order valence-electron chi connectivity index (χ2n) is 3.95. The molecule has 1 heterocycles. The van der Waals surface area contributed by atoms with Crippen LogP contribution in [0.15, 0.2) is 30.3 Å². The molecule has 0 aliphatic heterocycles. The van der Waals surface area contributed by atoms with Crippen LogP contribution < -0.4 is 5.32 Å². The molecule has 1 aromatic heterocycles. The predicted molar refractivity (Wildman–Crippen MR) is 67.8 cm³/mol. The van der Waals surface area contributed by atoms with Crippen LogP contribution in [-0.2, 0) is 6.54 Å². The molecule has 4 heteroatoms. The molecule has 0 unspecified atom stereocenters. The zero-order chi connectivity index (χ0) is 11.4. The van der Waals surface area contributed by atoms with Crippen LogP contribution in [0.25, 0.3) is 0 Å². The molecule has 2 aromatic rings. The Hall–Kier alpha value is -1.42. The molecule has 0 bridgehead atoms. The van der Waals surface area contributed by atoms with Crippen LogP contribution in [0.4, 0.5) is 5.13 Å². The minimum atomic E-state index is 0.392. The van der Waals surface area contributed by atoms with Crippen molar-refractivity contribution in [1.29, 1.82) is 0 Å². The van der Waals surface area contributed by atoms with Crippen molar-refractivity contribution in [1.82, 2.24) is 9.36 Å². The molecular formula is C12H15N3S. The quantitative estimate of drug-likeness (QED) is 0.880. The Morgan fingerprint density at radius 3 is 2.62 bits per heavy atom. The summed E-state index contributed by atoms with van der Waals surface area (Å²) in [5, 5.41) is 4.18. The molecule has 0 aliphatic rings. The predicted octanol–water partition coefficient (Wildman–Crippen LogP) is 3.27. The SMILES string of the molecule is CC(C)c1nsc(NCc2ccccc2)n1. The van der Waals surface area contributed by atoms with Crippen LogP contribution >= 0.6 is 11.5 Å². The average Bonchev–Trinajstić information content (AvgIpc) is 2.76. The number of hydrogen-bond acceptors (Lipinski definition) is 4. The van der Waals surface area contributed by atoms with Gasteiger partial charge in [0, 0.05) is 24.0 Å². The lowest BCUT2D eigenvalue weighted by atomic mass is 10.2. The third-order valence-electron chi connectivity index (χ3n) is 2.24. The first-order valence-electron chi connectivity index (χ1n) is 5.37. The van der Waals surface area contributed by atoms with Gasteiger partial charge in [0.25, 0.3) is 0 Å². The van der Waals surface area contributed by atoms with Gasteiger partial charge in [0.15, 0.2) is 0 Å². The van der Waals surface area contributed by atoms with Crippen LogP contribution in [0.2, 0.25) is 0 Å². The van der Waals surface area contributed by atoms with Crippen molar-refractivity contribution >= 4 is 16.7 Å². The fourth-order valence-corrected chi connectivity index (χ4v) is 2.02. The van der Waals surface area contributed by atoms with Crippen molar-refractivity contribution in [2.24, 2.45) is 0 Å².